The minimum absolute atomic E-state index is 0.107. The lowest BCUT2D eigenvalue weighted by molar-refractivity contribution is -0.907. The molecule has 1 amide bonds. The Labute approximate surface area is 168 Å². The Hall–Kier alpha value is -2.37. The van der Waals surface area contributed by atoms with Gasteiger partial charge in [-0.05, 0) is 64.1 Å². The number of benzene rings is 2. The van der Waals surface area contributed by atoms with Gasteiger partial charge in [-0.25, -0.2) is 0 Å². The van der Waals surface area contributed by atoms with Gasteiger partial charge in [0.1, 0.15) is 25.3 Å². The van der Waals surface area contributed by atoms with Crippen LogP contribution in [0.25, 0.3) is 0 Å². The number of carbonyl (C=O) groups excluding carboxylic acids is 1. The molecule has 2 N–H and O–H groups in total. The number of nitrogens with zero attached hydrogens (tertiary/aromatic N) is 1. The third-order valence-corrected chi connectivity index (χ3v) is 5.01. The number of anilines is 3. The molecule has 0 bridgehead atoms. The van der Waals surface area contributed by atoms with Gasteiger partial charge in [0.2, 0.25) is 0 Å². The van der Waals surface area contributed by atoms with Crippen LogP contribution in [0.15, 0.2) is 54.6 Å². The lowest BCUT2D eigenvalue weighted by atomic mass is 10.2. The molecule has 2 aromatic carbocycles. The predicted octanol–water partition coefficient (Wildman–Crippen LogP) is 2.86. The summed E-state index contributed by atoms with van der Waals surface area (Å²) in [4.78, 5) is 16.3. The second kappa shape index (κ2) is 9.22. The smallest absolute Gasteiger partial charge is 0.282 e. The highest BCUT2D eigenvalue weighted by atomic mass is 16.5. The predicted molar refractivity (Wildman–Crippen MR) is 114 cm³/mol. The maximum absolute atomic E-state index is 13.1. The van der Waals surface area contributed by atoms with E-state index in [4.69, 9.17) is 4.74 Å². The second-order valence-corrected chi connectivity index (χ2v) is 7.99. The number of hydrogen-bond donors (Lipinski definition) is 2. The minimum atomic E-state index is 0.107. The van der Waals surface area contributed by atoms with Crippen molar-refractivity contribution in [3.05, 3.63) is 54.6 Å². The lowest BCUT2D eigenvalue weighted by Crippen LogP contribution is -3.16. The Kier molecular flexibility index (Phi) is 6.70. The van der Waals surface area contributed by atoms with Crippen LogP contribution in [-0.4, -0.2) is 43.8 Å². The van der Waals surface area contributed by atoms with Crippen LogP contribution in [0, 0.1) is 0 Å². The molecule has 28 heavy (non-hydrogen) atoms. The maximum atomic E-state index is 13.1. The van der Waals surface area contributed by atoms with Crippen molar-refractivity contribution < 1.29 is 14.4 Å². The molecule has 0 radical (unpaired) electrons. The van der Waals surface area contributed by atoms with Crippen LogP contribution < -0.4 is 15.1 Å². The van der Waals surface area contributed by atoms with Gasteiger partial charge in [-0.3, -0.25) is 4.79 Å². The molecule has 3 rings (SSSR count). The summed E-state index contributed by atoms with van der Waals surface area (Å²) in [6.07, 6.45) is 0.393. The van der Waals surface area contributed by atoms with Crippen LogP contribution in [0.4, 0.5) is 17.1 Å². The van der Waals surface area contributed by atoms with Crippen LogP contribution in [0.5, 0.6) is 0 Å². The van der Waals surface area contributed by atoms with Gasteiger partial charge in [0.15, 0.2) is 6.54 Å². The van der Waals surface area contributed by atoms with E-state index in [1.54, 1.807) is 0 Å². The van der Waals surface area contributed by atoms with E-state index in [1.165, 1.54) is 4.90 Å². The monoisotopic (exact) mass is 382 g/mol. The minimum Gasteiger partial charge on any atom is -0.364 e. The van der Waals surface area contributed by atoms with Gasteiger partial charge in [0.05, 0.1) is 0 Å². The Bertz CT molecular complexity index is 751. The summed E-state index contributed by atoms with van der Waals surface area (Å²) in [5.41, 5.74) is 2.99. The third-order valence-electron chi connectivity index (χ3n) is 5.01. The summed E-state index contributed by atoms with van der Waals surface area (Å²) in [5, 5.41) is 3.38. The topological polar surface area (TPSA) is 46.0 Å². The van der Waals surface area contributed by atoms with E-state index in [-0.39, 0.29) is 24.2 Å². The van der Waals surface area contributed by atoms with E-state index in [0.717, 1.165) is 30.2 Å². The average Bonchev–Trinajstić information content (AvgIpc) is 2.63. The number of morpholine rings is 1. The van der Waals surface area contributed by atoms with Crippen molar-refractivity contribution in [3.63, 3.8) is 0 Å². The Morgan fingerprint density at radius 2 is 1.61 bits per heavy atom. The molecule has 0 aliphatic carbocycles. The molecule has 0 spiro atoms. The van der Waals surface area contributed by atoms with Gasteiger partial charge in [0.25, 0.3) is 5.91 Å². The lowest BCUT2D eigenvalue weighted by Gasteiger charge is -2.34. The largest absolute Gasteiger partial charge is 0.364 e. The SMILES string of the molecule is CC(C)N(C(=O)C[NH+]1C[C@@H](C)O[C@H](C)C1)c1ccc(Nc2ccccc2)cc1. The van der Waals surface area contributed by atoms with Gasteiger partial charge in [-0.15, -0.1) is 0 Å². The molecule has 1 aliphatic rings. The second-order valence-electron chi connectivity index (χ2n) is 7.99. The number of rotatable bonds is 6. The molecule has 5 nitrogen and oxygen atoms in total. The van der Waals surface area contributed by atoms with E-state index in [9.17, 15) is 4.79 Å². The van der Waals surface area contributed by atoms with E-state index in [2.05, 4.69) is 33.0 Å². The molecule has 1 fully saturated rings. The Morgan fingerprint density at radius 1 is 1.04 bits per heavy atom. The molecule has 0 saturated carbocycles. The number of ether oxygens (including phenoxy) is 1. The van der Waals surface area contributed by atoms with Gasteiger partial charge in [0, 0.05) is 23.1 Å². The Balaban J connectivity index is 1.68. The summed E-state index contributed by atoms with van der Waals surface area (Å²) in [5.74, 6) is 0.162. The van der Waals surface area contributed by atoms with E-state index in [1.807, 2.05) is 59.5 Å². The number of hydrogen-bond acceptors (Lipinski definition) is 3. The summed E-state index contributed by atoms with van der Waals surface area (Å²) in [6.45, 7) is 10.5. The molecule has 2 atom stereocenters. The van der Waals surface area contributed by atoms with Crippen molar-refractivity contribution >= 4 is 23.0 Å². The van der Waals surface area contributed by atoms with E-state index < -0.39 is 0 Å². The standard InChI is InChI=1S/C23H31N3O2/c1-17(2)26(23(27)16-25-14-18(3)28-19(4)15-25)22-12-10-21(11-13-22)24-20-8-6-5-7-9-20/h5-13,17-19,24H,14-16H2,1-4H3/p+1/t18-,19-/m1/s1. The van der Waals surface area contributed by atoms with E-state index in [0.29, 0.717) is 6.54 Å². The van der Waals surface area contributed by atoms with Crippen molar-refractivity contribution in [2.45, 2.75) is 45.9 Å². The highest BCUT2D eigenvalue weighted by molar-refractivity contribution is 5.94. The van der Waals surface area contributed by atoms with E-state index >= 15 is 0 Å². The molecule has 0 unspecified atom stereocenters. The fraction of sp³-hybridized carbons (Fsp3) is 0.435. The molecule has 1 aliphatic heterocycles. The van der Waals surface area contributed by atoms with Gasteiger partial charge in [-0.2, -0.15) is 0 Å². The van der Waals surface area contributed by atoms with Crippen molar-refractivity contribution in [1.29, 1.82) is 0 Å². The summed E-state index contributed by atoms with van der Waals surface area (Å²) >= 11 is 0. The zero-order valence-corrected chi connectivity index (χ0v) is 17.3. The summed E-state index contributed by atoms with van der Waals surface area (Å²) < 4.78 is 5.80. The number of para-hydroxylation sites is 1. The first kappa shape index (κ1) is 20.4. The van der Waals surface area contributed by atoms with Crippen molar-refractivity contribution in [3.8, 4) is 0 Å². The van der Waals surface area contributed by atoms with Gasteiger partial charge >= 0.3 is 0 Å². The first-order valence-corrected chi connectivity index (χ1v) is 10.2. The first-order chi connectivity index (χ1) is 13.4. The van der Waals surface area contributed by atoms with Crippen molar-refractivity contribution in [2.24, 2.45) is 0 Å². The number of quaternary nitrogens is 1. The summed E-state index contributed by atoms with van der Waals surface area (Å²) in [7, 11) is 0. The van der Waals surface area contributed by atoms with Crippen molar-refractivity contribution in [2.75, 3.05) is 29.9 Å². The van der Waals surface area contributed by atoms with Crippen LogP contribution >= 0.6 is 0 Å². The molecule has 5 heteroatoms. The molecular formula is C23H32N3O2+. The molecule has 1 saturated heterocycles. The molecule has 2 aromatic rings. The fourth-order valence-corrected chi connectivity index (χ4v) is 3.96. The first-order valence-electron chi connectivity index (χ1n) is 10.2. The third kappa shape index (κ3) is 5.33. The number of nitrogens with one attached hydrogen (secondary N) is 2. The van der Waals surface area contributed by atoms with Crippen LogP contribution in [0.2, 0.25) is 0 Å². The highest BCUT2D eigenvalue weighted by Gasteiger charge is 2.30. The van der Waals surface area contributed by atoms with Crippen LogP contribution in [0.1, 0.15) is 27.7 Å². The van der Waals surface area contributed by atoms with Gasteiger partial charge < -0.3 is 19.9 Å². The van der Waals surface area contributed by atoms with Gasteiger partial charge in [-0.1, -0.05) is 18.2 Å². The summed E-state index contributed by atoms with van der Waals surface area (Å²) in [6, 6.07) is 18.3. The zero-order valence-electron chi connectivity index (χ0n) is 17.3. The molecule has 0 aromatic heterocycles. The number of carbonyl (C=O) groups is 1. The molecule has 150 valence electrons. The quantitative estimate of drug-likeness (QED) is 0.808. The Morgan fingerprint density at radius 3 is 2.18 bits per heavy atom. The fourth-order valence-electron chi connectivity index (χ4n) is 3.96. The molecule has 1 heterocycles. The zero-order chi connectivity index (χ0) is 20.1. The normalized spacial score (nSPS) is 22.1. The molecular weight excluding hydrogens is 350 g/mol. The number of amides is 1. The maximum Gasteiger partial charge on any atom is 0.282 e. The van der Waals surface area contributed by atoms with Crippen LogP contribution in [-0.2, 0) is 9.53 Å². The van der Waals surface area contributed by atoms with Crippen molar-refractivity contribution in [1.82, 2.24) is 0 Å². The average molecular weight is 383 g/mol. The van der Waals surface area contributed by atoms with Crippen LogP contribution in [0.3, 0.4) is 0 Å². The highest BCUT2D eigenvalue weighted by Crippen LogP contribution is 2.22.